The smallest absolute Gasteiger partial charge is 0.222 e. The van der Waals surface area contributed by atoms with E-state index in [1.165, 1.54) is 0 Å². The highest BCUT2D eigenvalue weighted by Gasteiger charge is 2.20. The van der Waals surface area contributed by atoms with E-state index in [1.54, 1.807) is 0 Å². The van der Waals surface area contributed by atoms with E-state index in [0.717, 1.165) is 30.9 Å². The van der Waals surface area contributed by atoms with Gasteiger partial charge < -0.3 is 9.80 Å². The monoisotopic (exact) mass is 258 g/mol. The average molecular weight is 258 g/mol. The topological polar surface area (TPSA) is 60.2 Å². The number of nitrogens with zero attached hydrogens (tertiary/aromatic N) is 4. The van der Waals surface area contributed by atoms with Crippen LogP contribution in [0, 0.1) is 18.3 Å². The summed E-state index contributed by atoms with van der Waals surface area (Å²) in [6.07, 6.45) is 1.63. The predicted molar refractivity (Wildman–Crippen MR) is 72.8 cm³/mol. The highest BCUT2D eigenvalue weighted by molar-refractivity contribution is 5.78. The number of rotatable bonds is 4. The Bertz CT molecular complexity index is 521. The van der Waals surface area contributed by atoms with Gasteiger partial charge >= 0.3 is 0 Å². The van der Waals surface area contributed by atoms with Crippen LogP contribution >= 0.6 is 0 Å². The second kappa shape index (κ2) is 5.70. The maximum absolute atomic E-state index is 11.5. The lowest BCUT2D eigenvalue weighted by molar-refractivity contribution is -0.127. The standard InChI is InChI=1S/C14H18N4O/c1-11-5-6-13(16-12(11)10-15)17(2)8-9-18-7-3-4-14(18)19/h5-6H,3-4,7-9H2,1-2H3. The van der Waals surface area contributed by atoms with Crippen molar-refractivity contribution >= 4 is 11.7 Å². The summed E-state index contributed by atoms with van der Waals surface area (Å²) in [4.78, 5) is 19.7. The third kappa shape index (κ3) is 3.02. The van der Waals surface area contributed by atoms with E-state index in [-0.39, 0.29) is 5.91 Å². The number of aromatic nitrogens is 1. The number of nitriles is 1. The lowest BCUT2D eigenvalue weighted by atomic mass is 10.2. The average Bonchev–Trinajstić information content (AvgIpc) is 2.82. The first kappa shape index (κ1) is 13.3. The number of carbonyl (C=O) groups is 1. The van der Waals surface area contributed by atoms with Gasteiger partial charge in [0.15, 0.2) is 0 Å². The van der Waals surface area contributed by atoms with E-state index in [4.69, 9.17) is 5.26 Å². The highest BCUT2D eigenvalue weighted by Crippen LogP contribution is 2.14. The summed E-state index contributed by atoms with van der Waals surface area (Å²) in [7, 11) is 1.93. The van der Waals surface area contributed by atoms with E-state index < -0.39 is 0 Å². The Kier molecular flexibility index (Phi) is 4.00. The van der Waals surface area contributed by atoms with Gasteiger partial charge in [0.25, 0.3) is 0 Å². The van der Waals surface area contributed by atoms with Crippen LogP contribution < -0.4 is 4.90 Å². The number of hydrogen-bond donors (Lipinski definition) is 0. The minimum Gasteiger partial charge on any atom is -0.358 e. The van der Waals surface area contributed by atoms with Crippen LogP contribution in [0.15, 0.2) is 12.1 Å². The molecule has 0 aliphatic carbocycles. The number of likely N-dealkylation sites (N-methyl/N-ethyl adjacent to an activating group) is 1. The quantitative estimate of drug-likeness (QED) is 0.817. The molecule has 1 aliphatic heterocycles. The van der Waals surface area contributed by atoms with Crippen molar-refractivity contribution in [2.45, 2.75) is 19.8 Å². The van der Waals surface area contributed by atoms with Crippen molar-refractivity contribution in [3.8, 4) is 6.07 Å². The lowest BCUT2D eigenvalue weighted by Gasteiger charge is -2.22. The van der Waals surface area contributed by atoms with Crippen LogP contribution in [-0.4, -0.2) is 42.5 Å². The van der Waals surface area contributed by atoms with Crippen LogP contribution in [0.5, 0.6) is 0 Å². The molecule has 0 radical (unpaired) electrons. The van der Waals surface area contributed by atoms with Crippen LogP contribution in [-0.2, 0) is 4.79 Å². The second-order valence-corrected chi connectivity index (χ2v) is 4.85. The number of aryl methyl sites for hydroxylation is 1. The number of amides is 1. The molecule has 2 rings (SSSR count). The van der Waals surface area contributed by atoms with Gasteiger partial charge in [0, 0.05) is 33.1 Å². The number of likely N-dealkylation sites (tertiary alicyclic amines) is 1. The Balaban J connectivity index is 1.98. The van der Waals surface area contributed by atoms with Gasteiger partial charge in [-0.3, -0.25) is 4.79 Å². The maximum atomic E-state index is 11.5. The summed E-state index contributed by atoms with van der Waals surface area (Å²) in [5, 5.41) is 8.98. The summed E-state index contributed by atoms with van der Waals surface area (Å²) in [5.74, 6) is 1.01. The number of pyridine rings is 1. The fraction of sp³-hybridized carbons (Fsp3) is 0.500. The van der Waals surface area contributed by atoms with E-state index in [1.807, 2.05) is 35.9 Å². The van der Waals surface area contributed by atoms with Gasteiger partial charge in [0.05, 0.1) is 0 Å². The number of hydrogen-bond acceptors (Lipinski definition) is 4. The molecule has 1 amide bonds. The summed E-state index contributed by atoms with van der Waals surface area (Å²) in [5.41, 5.74) is 1.34. The zero-order chi connectivity index (χ0) is 13.8. The van der Waals surface area contributed by atoms with Gasteiger partial charge in [-0.1, -0.05) is 6.07 Å². The molecule has 0 aromatic carbocycles. The largest absolute Gasteiger partial charge is 0.358 e. The van der Waals surface area contributed by atoms with Gasteiger partial charge in [-0.2, -0.15) is 5.26 Å². The van der Waals surface area contributed by atoms with Crippen LogP contribution in [0.1, 0.15) is 24.1 Å². The molecule has 2 heterocycles. The second-order valence-electron chi connectivity index (χ2n) is 4.85. The molecule has 1 fully saturated rings. The Morgan fingerprint density at radius 2 is 2.32 bits per heavy atom. The van der Waals surface area contributed by atoms with Crippen molar-refractivity contribution in [2.24, 2.45) is 0 Å². The minimum atomic E-state index is 0.239. The van der Waals surface area contributed by atoms with Gasteiger partial charge in [-0.25, -0.2) is 4.98 Å². The molecule has 100 valence electrons. The summed E-state index contributed by atoms with van der Waals surface area (Å²) in [6, 6.07) is 5.90. The molecular weight excluding hydrogens is 240 g/mol. The van der Waals surface area contributed by atoms with Crippen molar-refractivity contribution in [1.82, 2.24) is 9.88 Å². The van der Waals surface area contributed by atoms with Crippen LogP contribution in [0.2, 0.25) is 0 Å². The van der Waals surface area contributed by atoms with Crippen LogP contribution in [0.3, 0.4) is 0 Å². The first-order valence-electron chi connectivity index (χ1n) is 6.48. The summed E-state index contributed by atoms with van der Waals surface area (Å²) >= 11 is 0. The van der Waals surface area contributed by atoms with E-state index >= 15 is 0 Å². The molecule has 1 saturated heterocycles. The van der Waals surface area contributed by atoms with Crippen molar-refractivity contribution in [1.29, 1.82) is 5.26 Å². The molecule has 19 heavy (non-hydrogen) atoms. The molecule has 5 heteroatoms. The molecule has 0 saturated carbocycles. The first-order valence-corrected chi connectivity index (χ1v) is 6.48. The van der Waals surface area contributed by atoms with E-state index in [0.29, 0.717) is 18.7 Å². The molecule has 0 bridgehead atoms. The Hall–Kier alpha value is -2.09. The van der Waals surface area contributed by atoms with Gasteiger partial charge in [0.2, 0.25) is 5.91 Å². The Morgan fingerprint density at radius 1 is 1.53 bits per heavy atom. The molecule has 5 nitrogen and oxygen atoms in total. The molecular formula is C14H18N4O. The lowest BCUT2D eigenvalue weighted by Crippen LogP contribution is -2.34. The van der Waals surface area contributed by atoms with Gasteiger partial charge in [-0.15, -0.1) is 0 Å². The normalized spacial score (nSPS) is 14.6. The van der Waals surface area contributed by atoms with Crippen molar-refractivity contribution in [3.63, 3.8) is 0 Å². The molecule has 0 N–H and O–H groups in total. The third-order valence-electron chi connectivity index (χ3n) is 3.46. The molecule has 0 unspecified atom stereocenters. The van der Waals surface area contributed by atoms with Crippen molar-refractivity contribution in [2.75, 3.05) is 31.6 Å². The number of carbonyl (C=O) groups excluding carboxylic acids is 1. The third-order valence-corrected chi connectivity index (χ3v) is 3.46. The molecule has 0 atom stereocenters. The Labute approximate surface area is 113 Å². The van der Waals surface area contributed by atoms with Gasteiger partial charge in [-0.05, 0) is 25.0 Å². The first-order chi connectivity index (χ1) is 9.11. The van der Waals surface area contributed by atoms with Crippen molar-refractivity contribution < 1.29 is 4.79 Å². The summed E-state index contributed by atoms with van der Waals surface area (Å²) < 4.78 is 0. The minimum absolute atomic E-state index is 0.239. The van der Waals surface area contributed by atoms with Crippen LogP contribution in [0.25, 0.3) is 0 Å². The summed E-state index contributed by atoms with van der Waals surface area (Å²) in [6.45, 7) is 4.18. The van der Waals surface area contributed by atoms with E-state index in [2.05, 4.69) is 11.1 Å². The predicted octanol–water partition coefficient (Wildman–Crippen LogP) is 1.32. The molecule has 0 spiro atoms. The maximum Gasteiger partial charge on any atom is 0.222 e. The number of anilines is 1. The van der Waals surface area contributed by atoms with Crippen LogP contribution in [0.4, 0.5) is 5.82 Å². The zero-order valence-electron chi connectivity index (χ0n) is 11.4. The SMILES string of the molecule is Cc1ccc(N(C)CCN2CCCC2=O)nc1C#N. The molecule has 1 aromatic rings. The van der Waals surface area contributed by atoms with Crippen molar-refractivity contribution in [3.05, 3.63) is 23.4 Å². The highest BCUT2D eigenvalue weighted by atomic mass is 16.2. The van der Waals surface area contributed by atoms with E-state index in [9.17, 15) is 4.79 Å². The Morgan fingerprint density at radius 3 is 2.95 bits per heavy atom. The fourth-order valence-corrected chi connectivity index (χ4v) is 2.17. The van der Waals surface area contributed by atoms with Gasteiger partial charge in [0.1, 0.15) is 17.6 Å². The molecule has 1 aliphatic rings. The molecule has 1 aromatic heterocycles. The zero-order valence-corrected chi connectivity index (χ0v) is 11.4. The fourth-order valence-electron chi connectivity index (χ4n) is 2.17.